The van der Waals surface area contributed by atoms with Crippen molar-refractivity contribution >= 4 is 11.8 Å². The lowest BCUT2D eigenvalue weighted by Crippen LogP contribution is -2.48. The van der Waals surface area contributed by atoms with E-state index < -0.39 is 0 Å². The van der Waals surface area contributed by atoms with Crippen LogP contribution in [0.4, 0.5) is 0 Å². The van der Waals surface area contributed by atoms with Gasteiger partial charge >= 0.3 is 0 Å². The Kier molecular flexibility index (Phi) is 5.39. The van der Waals surface area contributed by atoms with Crippen LogP contribution in [0.3, 0.4) is 0 Å². The number of H-pyrrole nitrogens is 1. The Balaban J connectivity index is 1.59. The first kappa shape index (κ1) is 17.5. The molecule has 3 rings (SSSR count). The number of hydrogen-bond acceptors (Lipinski definition) is 4. The summed E-state index contributed by atoms with van der Waals surface area (Å²) in [7, 11) is 0. The first-order valence-corrected chi connectivity index (χ1v) is 8.86. The Labute approximate surface area is 147 Å². The smallest absolute Gasteiger partial charge is 0.270 e. The van der Waals surface area contributed by atoms with Crippen LogP contribution in [0, 0.1) is 18.3 Å². The average Bonchev–Trinajstić information content (AvgIpc) is 3.38. The standard InChI is InChI=1S/C18H24N4O3/c1-3-12-7-9-25-16(12)18(24)22-8-5-6-14(22)11-19-17(23)15-13(4-2)10-20-21-15/h2,10,12,14,16H,3,5-9,11H2,1H3,(H,19,23)(H,20,21)/t12-,14?,16+/m1/s1. The predicted molar refractivity (Wildman–Crippen MR) is 91.7 cm³/mol. The zero-order chi connectivity index (χ0) is 17.8. The number of amides is 2. The number of aromatic amines is 1. The van der Waals surface area contributed by atoms with Crippen LogP contribution in [0.2, 0.25) is 0 Å². The minimum Gasteiger partial charge on any atom is -0.368 e. The molecule has 134 valence electrons. The van der Waals surface area contributed by atoms with Gasteiger partial charge in [-0.25, -0.2) is 0 Å². The molecule has 3 heterocycles. The van der Waals surface area contributed by atoms with E-state index in [0.29, 0.717) is 24.6 Å². The fourth-order valence-corrected chi connectivity index (χ4v) is 3.69. The molecule has 7 heteroatoms. The molecule has 0 aromatic carbocycles. The molecule has 7 nitrogen and oxygen atoms in total. The molecule has 2 aliphatic rings. The first-order chi connectivity index (χ1) is 12.2. The van der Waals surface area contributed by atoms with Crippen LogP contribution in [-0.2, 0) is 9.53 Å². The van der Waals surface area contributed by atoms with Crippen molar-refractivity contribution in [1.29, 1.82) is 0 Å². The van der Waals surface area contributed by atoms with Crippen molar-refractivity contribution in [2.45, 2.75) is 44.8 Å². The molecule has 0 aliphatic carbocycles. The van der Waals surface area contributed by atoms with Crippen LogP contribution in [0.5, 0.6) is 0 Å². The minimum absolute atomic E-state index is 0.00429. The van der Waals surface area contributed by atoms with Gasteiger partial charge < -0.3 is 15.0 Å². The van der Waals surface area contributed by atoms with Crippen LogP contribution in [0.1, 0.15) is 48.7 Å². The van der Waals surface area contributed by atoms with Gasteiger partial charge in [-0.05, 0) is 25.2 Å². The SMILES string of the molecule is C#Cc1cn[nH]c1C(=O)NCC1CCCN1C(=O)[C@H]1OCC[C@H]1CC. The molecule has 1 aromatic heterocycles. The predicted octanol–water partition coefficient (Wildman–Crippen LogP) is 0.927. The summed E-state index contributed by atoms with van der Waals surface area (Å²) in [6.45, 7) is 3.86. The number of aromatic nitrogens is 2. The van der Waals surface area contributed by atoms with E-state index in [1.807, 2.05) is 4.90 Å². The third-order valence-electron chi connectivity index (χ3n) is 5.16. The number of ether oxygens (including phenoxy) is 1. The summed E-state index contributed by atoms with van der Waals surface area (Å²) in [6.07, 6.45) is 10.2. The number of nitrogens with one attached hydrogen (secondary N) is 2. The highest BCUT2D eigenvalue weighted by Crippen LogP contribution is 2.28. The lowest BCUT2D eigenvalue weighted by atomic mass is 9.97. The Hall–Kier alpha value is -2.33. The topological polar surface area (TPSA) is 87.3 Å². The average molecular weight is 344 g/mol. The van der Waals surface area contributed by atoms with Crippen LogP contribution in [0.25, 0.3) is 0 Å². The van der Waals surface area contributed by atoms with E-state index in [9.17, 15) is 9.59 Å². The van der Waals surface area contributed by atoms with E-state index in [-0.39, 0.29) is 29.7 Å². The van der Waals surface area contributed by atoms with Gasteiger partial charge in [-0.15, -0.1) is 6.42 Å². The maximum Gasteiger partial charge on any atom is 0.270 e. The van der Waals surface area contributed by atoms with Gasteiger partial charge in [0.05, 0.1) is 11.8 Å². The molecule has 2 aliphatic heterocycles. The molecule has 2 saturated heterocycles. The molecule has 2 amide bonds. The molecule has 2 fully saturated rings. The fourth-order valence-electron chi connectivity index (χ4n) is 3.69. The summed E-state index contributed by atoms with van der Waals surface area (Å²) in [5, 5.41) is 9.28. The molecule has 25 heavy (non-hydrogen) atoms. The monoisotopic (exact) mass is 344 g/mol. The van der Waals surface area contributed by atoms with Crippen LogP contribution < -0.4 is 5.32 Å². The molecule has 1 unspecified atom stereocenters. The number of likely N-dealkylation sites (tertiary alicyclic amines) is 1. The van der Waals surface area contributed by atoms with Gasteiger partial charge in [0.1, 0.15) is 11.8 Å². The largest absolute Gasteiger partial charge is 0.368 e. The molecular formula is C18H24N4O3. The van der Waals surface area contributed by atoms with Gasteiger partial charge in [-0.3, -0.25) is 14.7 Å². The second-order valence-electron chi connectivity index (χ2n) is 6.59. The van der Waals surface area contributed by atoms with Crippen LogP contribution in [-0.4, -0.2) is 58.8 Å². The van der Waals surface area contributed by atoms with Crippen molar-refractivity contribution in [3.8, 4) is 12.3 Å². The van der Waals surface area contributed by atoms with Crippen molar-refractivity contribution in [3.63, 3.8) is 0 Å². The summed E-state index contributed by atoms with van der Waals surface area (Å²) < 4.78 is 5.68. The maximum absolute atomic E-state index is 12.8. The number of nitrogens with zero attached hydrogens (tertiary/aromatic N) is 2. The lowest BCUT2D eigenvalue weighted by molar-refractivity contribution is -0.143. The summed E-state index contributed by atoms with van der Waals surface area (Å²) >= 11 is 0. The van der Waals surface area contributed by atoms with Crippen molar-refractivity contribution in [3.05, 3.63) is 17.5 Å². The zero-order valence-corrected chi connectivity index (χ0v) is 14.5. The fraction of sp³-hybridized carbons (Fsp3) is 0.611. The van der Waals surface area contributed by atoms with Crippen molar-refractivity contribution in [2.75, 3.05) is 19.7 Å². The van der Waals surface area contributed by atoms with Gasteiger partial charge in [0.25, 0.3) is 11.8 Å². The number of terminal acetylenes is 1. The number of hydrogen-bond donors (Lipinski definition) is 2. The second kappa shape index (κ2) is 7.70. The molecule has 1 aromatic rings. The molecule has 2 N–H and O–H groups in total. The Morgan fingerprint density at radius 3 is 3.12 bits per heavy atom. The highest BCUT2D eigenvalue weighted by molar-refractivity contribution is 5.94. The number of carbonyl (C=O) groups excluding carboxylic acids is 2. The van der Waals surface area contributed by atoms with Crippen LogP contribution >= 0.6 is 0 Å². The van der Waals surface area contributed by atoms with E-state index in [4.69, 9.17) is 11.2 Å². The third kappa shape index (κ3) is 3.54. The van der Waals surface area contributed by atoms with Gasteiger partial charge in [-0.2, -0.15) is 5.10 Å². The number of carbonyl (C=O) groups is 2. The summed E-state index contributed by atoms with van der Waals surface area (Å²) in [4.78, 5) is 27.0. The molecule has 0 spiro atoms. The van der Waals surface area contributed by atoms with Crippen molar-refractivity contribution in [1.82, 2.24) is 20.4 Å². The van der Waals surface area contributed by atoms with Crippen molar-refractivity contribution < 1.29 is 14.3 Å². The molecular weight excluding hydrogens is 320 g/mol. The second-order valence-corrected chi connectivity index (χ2v) is 6.59. The van der Waals surface area contributed by atoms with E-state index >= 15 is 0 Å². The van der Waals surface area contributed by atoms with E-state index in [0.717, 1.165) is 32.2 Å². The molecule has 3 atom stereocenters. The Morgan fingerprint density at radius 1 is 1.52 bits per heavy atom. The summed E-state index contributed by atoms with van der Waals surface area (Å²) in [6, 6.07) is -0.00429. The molecule has 0 bridgehead atoms. The highest BCUT2D eigenvalue weighted by Gasteiger charge is 2.39. The van der Waals surface area contributed by atoms with E-state index in [1.54, 1.807) is 0 Å². The Morgan fingerprint density at radius 2 is 2.36 bits per heavy atom. The van der Waals surface area contributed by atoms with Crippen LogP contribution in [0.15, 0.2) is 6.20 Å². The van der Waals surface area contributed by atoms with Gasteiger partial charge in [0, 0.05) is 25.7 Å². The first-order valence-electron chi connectivity index (χ1n) is 8.86. The van der Waals surface area contributed by atoms with Gasteiger partial charge in [0.2, 0.25) is 0 Å². The minimum atomic E-state index is -0.332. The molecule has 0 saturated carbocycles. The lowest BCUT2D eigenvalue weighted by Gasteiger charge is -2.29. The summed E-state index contributed by atoms with van der Waals surface area (Å²) in [5.74, 6) is 2.49. The maximum atomic E-state index is 12.8. The quantitative estimate of drug-likeness (QED) is 0.778. The van der Waals surface area contributed by atoms with Crippen molar-refractivity contribution in [2.24, 2.45) is 5.92 Å². The normalized spacial score (nSPS) is 25.8. The summed E-state index contributed by atoms with van der Waals surface area (Å²) in [5.41, 5.74) is 0.713. The zero-order valence-electron chi connectivity index (χ0n) is 14.5. The third-order valence-corrected chi connectivity index (χ3v) is 5.16. The van der Waals surface area contributed by atoms with E-state index in [1.165, 1.54) is 6.20 Å². The number of rotatable bonds is 5. The highest BCUT2D eigenvalue weighted by atomic mass is 16.5. The van der Waals surface area contributed by atoms with E-state index in [2.05, 4.69) is 28.4 Å². The van der Waals surface area contributed by atoms with Gasteiger partial charge in [0.15, 0.2) is 0 Å². The Bertz CT molecular complexity index is 678. The van der Waals surface area contributed by atoms with Gasteiger partial charge in [-0.1, -0.05) is 19.3 Å². The molecule has 0 radical (unpaired) electrons.